The Morgan fingerprint density at radius 2 is 2.15 bits per heavy atom. The number of hydrogen-bond donors (Lipinski definition) is 2. The van der Waals surface area contributed by atoms with Crippen molar-refractivity contribution in [3.05, 3.63) is 23.8 Å². The molecule has 0 aliphatic rings. The van der Waals surface area contributed by atoms with Crippen LogP contribution in [0.1, 0.15) is 5.56 Å². The van der Waals surface area contributed by atoms with Crippen LogP contribution in [0.4, 0.5) is 0 Å². The molecule has 5 heteroatoms. The number of nitrogens with zero attached hydrogens (tertiary/aromatic N) is 1. The maximum atomic E-state index is 8.90. The van der Waals surface area contributed by atoms with E-state index in [4.69, 9.17) is 10.0 Å². The summed E-state index contributed by atoms with van der Waals surface area (Å²) in [6.07, 6.45) is 0. The smallest absolute Gasteiger partial charge is 0.422 e. The van der Waals surface area contributed by atoms with Crippen molar-refractivity contribution < 1.29 is 10.0 Å². The van der Waals surface area contributed by atoms with Crippen LogP contribution in [0.25, 0.3) is 10.2 Å². The number of thiazole rings is 1. The maximum Gasteiger partial charge on any atom is 0.519 e. The molecule has 1 heterocycles. The van der Waals surface area contributed by atoms with Gasteiger partial charge in [0.2, 0.25) is 0 Å². The van der Waals surface area contributed by atoms with Gasteiger partial charge in [-0.2, -0.15) is 0 Å². The number of aromatic nitrogens is 1. The SMILES string of the molecule is Cc1ccc2nc(B(O)O)sc2c1. The fourth-order valence-electron chi connectivity index (χ4n) is 1.16. The molecule has 3 nitrogen and oxygen atoms in total. The van der Waals surface area contributed by atoms with E-state index in [2.05, 4.69) is 4.98 Å². The van der Waals surface area contributed by atoms with E-state index in [9.17, 15) is 0 Å². The quantitative estimate of drug-likeness (QED) is 0.639. The second-order valence-electron chi connectivity index (χ2n) is 2.90. The number of aryl methyl sites for hydroxylation is 1. The van der Waals surface area contributed by atoms with Crippen LogP contribution in [0.5, 0.6) is 0 Å². The van der Waals surface area contributed by atoms with E-state index in [0.29, 0.717) is 4.91 Å². The molecule has 0 unspecified atom stereocenters. The van der Waals surface area contributed by atoms with Gasteiger partial charge in [-0.3, -0.25) is 0 Å². The highest BCUT2D eigenvalue weighted by molar-refractivity contribution is 7.27. The van der Waals surface area contributed by atoms with Crippen molar-refractivity contribution in [3.8, 4) is 0 Å². The van der Waals surface area contributed by atoms with Gasteiger partial charge in [-0.1, -0.05) is 6.07 Å². The van der Waals surface area contributed by atoms with Crippen molar-refractivity contribution in [2.45, 2.75) is 6.92 Å². The first-order valence-corrected chi connectivity index (χ1v) is 4.72. The van der Waals surface area contributed by atoms with E-state index in [-0.39, 0.29) is 0 Å². The maximum absolute atomic E-state index is 8.90. The Hall–Kier alpha value is -0.905. The molecule has 0 fully saturated rings. The van der Waals surface area contributed by atoms with Crippen LogP contribution in [0, 0.1) is 6.92 Å². The Kier molecular flexibility index (Phi) is 2.07. The lowest BCUT2D eigenvalue weighted by Gasteiger charge is -1.88. The van der Waals surface area contributed by atoms with Crippen molar-refractivity contribution in [1.29, 1.82) is 0 Å². The summed E-state index contributed by atoms with van der Waals surface area (Å²) in [5.41, 5.74) is 1.97. The zero-order valence-electron chi connectivity index (χ0n) is 7.06. The van der Waals surface area contributed by atoms with E-state index in [1.54, 1.807) is 0 Å². The van der Waals surface area contributed by atoms with Gasteiger partial charge in [-0.15, -0.1) is 11.3 Å². The molecular formula is C8H8BNO2S. The Morgan fingerprint density at radius 1 is 1.38 bits per heavy atom. The molecule has 0 bridgehead atoms. The fourth-order valence-corrected chi connectivity index (χ4v) is 2.10. The van der Waals surface area contributed by atoms with Gasteiger partial charge in [0.15, 0.2) is 0 Å². The van der Waals surface area contributed by atoms with Gasteiger partial charge < -0.3 is 10.0 Å². The van der Waals surface area contributed by atoms with Gasteiger partial charge in [-0.05, 0) is 24.6 Å². The second kappa shape index (κ2) is 3.10. The highest BCUT2D eigenvalue weighted by Crippen LogP contribution is 2.17. The van der Waals surface area contributed by atoms with Crippen LogP contribution in [-0.4, -0.2) is 22.2 Å². The highest BCUT2D eigenvalue weighted by Gasteiger charge is 2.16. The van der Waals surface area contributed by atoms with Crippen LogP contribution < -0.4 is 4.91 Å². The summed E-state index contributed by atoms with van der Waals surface area (Å²) in [4.78, 5) is 4.42. The van der Waals surface area contributed by atoms with Crippen molar-refractivity contribution in [2.75, 3.05) is 0 Å². The van der Waals surface area contributed by atoms with Crippen LogP contribution in [0.15, 0.2) is 18.2 Å². The summed E-state index contributed by atoms with van der Waals surface area (Å²) >= 11 is 1.31. The molecular weight excluding hydrogens is 185 g/mol. The van der Waals surface area contributed by atoms with Crippen LogP contribution in [-0.2, 0) is 0 Å². The van der Waals surface area contributed by atoms with Gasteiger partial charge in [0.25, 0.3) is 0 Å². The van der Waals surface area contributed by atoms with Crippen molar-refractivity contribution >= 4 is 33.6 Å². The molecule has 0 saturated heterocycles. The van der Waals surface area contributed by atoms with E-state index in [1.807, 2.05) is 25.1 Å². The van der Waals surface area contributed by atoms with Gasteiger partial charge in [0.1, 0.15) is 4.91 Å². The summed E-state index contributed by atoms with van der Waals surface area (Å²) in [7, 11) is -1.46. The average molecular weight is 193 g/mol. The monoisotopic (exact) mass is 193 g/mol. The summed E-state index contributed by atoms with van der Waals surface area (Å²) in [5, 5.41) is 17.8. The molecule has 0 aliphatic heterocycles. The first kappa shape index (κ1) is 8.68. The minimum Gasteiger partial charge on any atom is -0.422 e. The third-order valence-electron chi connectivity index (χ3n) is 1.78. The lowest BCUT2D eigenvalue weighted by Crippen LogP contribution is -2.28. The van der Waals surface area contributed by atoms with Crippen molar-refractivity contribution in [1.82, 2.24) is 4.98 Å². The molecule has 0 spiro atoms. The van der Waals surface area contributed by atoms with E-state index in [0.717, 1.165) is 15.8 Å². The molecule has 0 atom stereocenters. The first-order valence-electron chi connectivity index (χ1n) is 3.90. The van der Waals surface area contributed by atoms with Gasteiger partial charge in [0.05, 0.1) is 10.2 Å². The average Bonchev–Trinajstić information content (AvgIpc) is 2.46. The molecule has 2 rings (SSSR count). The minimum atomic E-state index is -1.46. The van der Waals surface area contributed by atoms with E-state index >= 15 is 0 Å². The predicted octanol–water partition coefficient (Wildman–Crippen LogP) is 0.285. The van der Waals surface area contributed by atoms with Gasteiger partial charge in [-0.25, -0.2) is 4.98 Å². The molecule has 1 aromatic heterocycles. The third-order valence-corrected chi connectivity index (χ3v) is 2.84. The van der Waals surface area contributed by atoms with Gasteiger partial charge >= 0.3 is 7.12 Å². The zero-order chi connectivity index (χ0) is 9.42. The molecule has 2 N–H and O–H groups in total. The molecule has 0 radical (unpaired) electrons. The highest BCUT2D eigenvalue weighted by atomic mass is 32.1. The minimum absolute atomic E-state index is 0.348. The number of rotatable bonds is 1. The van der Waals surface area contributed by atoms with E-state index in [1.165, 1.54) is 11.3 Å². The second-order valence-corrected chi connectivity index (χ2v) is 3.96. The normalized spacial score (nSPS) is 10.7. The largest absolute Gasteiger partial charge is 0.519 e. The van der Waals surface area contributed by atoms with Crippen LogP contribution in [0.2, 0.25) is 0 Å². The van der Waals surface area contributed by atoms with E-state index < -0.39 is 7.12 Å². The molecule has 66 valence electrons. The molecule has 13 heavy (non-hydrogen) atoms. The number of fused-ring (bicyclic) bond motifs is 1. The topological polar surface area (TPSA) is 53.4 Å². The number of hydrogen-bond acceptors (Lipinski definition) is 4. The molecule has 0 aliphatic carbocycles. The first-order chi connectivity index (χ1) is 6.16. The number of benzene rings is 1. The lowest BCUT2D eigenvalue weighted by atomic mass is 9.94. The Labute approximate surface area is 79.8 Å². The molecule has 0 saturated carbocycles. The summed E-state index contributed by atoms with van der Waals surface area (Å²) in [5.74, 6) is 0. The van der Waals surface area contributed by atoms with Crippen molar-refractivity contribution in [3.63, 3.8) is 0 Å². The summed E-state index contributed by atoms with van der Waals surface area (Å²) in [6.45, 7) is 1.99. The lowest BCUT2D eigenvalue weighted by molar-refractivity contribution is 0.425. The third kappa shape index (κ3) is 1.58. The standard InChI is InChI=1S/C8H8BNO2S/c1-5-2-3-6-7(4-5)13-8(10-6)9(11)12/h2-4,11-12H,1H3. The zero-order valence-corrected chi connectivity index (χ0v) is 7.88. The van der Waals surface area contributed by atoms with Crippen LogP contribution in [0.3, 0.4) is 0 Å². The Bertz CT molecular complexity index is 441. The molecule has 1 aromatic carbocycles. The summed E-state index contributed by atoms with van der Waals surface area (Å²) < 4.78 is 0.989. The summed E-state index contributed by atoms with van der Waals surface area (Å²) in [6, 6.07) is 5.82. The van der Waals surface area contributed by atoms with Gasteiger partial charge in [0, 0.05) is 0 Å². The van der Waals surface area contributed by atoms with Crippen molar-refractivity contribution in [2.24, 2.45) is 0 Å². The Morgan fingerprint density at radius 3 is 2.85 bits per heavy atom. The Balaban J connectivity index is 2.62. The molecule has 2 aromatic rings. The molecule has 0 amide bonds. The fraction of sp³-hybridized carbons (Fsp3) is 0.125. The van der Waals surface area contributed by atoms with Crippen LogP contribution >= 0.6 is 11.3 Å². The predicted molar refractivity (Wildman–Crippen MR) is 54.2 cm³/mol.